The summed E-state index contributed by atoms with van der Waals surface area (Å²) in [5.74, 6) is 0.602. The molecule has 0 aromatic carbocycles. The molecule has 0 amide bonds. The number of sulfonamides is 1. The van der Waals surface area contributed by atoms with Crippen LogP contribution in [-0.4, -0.2) is 72.7 Å². The number of nitrogens with zero attached hydrogens (tertiary/aromatic N) is 1. The van der Waals surface area contributed by atoms with Gasteiger partial charge >= 0.3 is 0 Å². The van der Waals surface area contributed by atoms with Gasteiger partial charge in [-0.15, -0.1) is 24.0 Å². The van der Waals surface area contributed by atoms with Crippen LogP contribution in [0.1, 0.15) is 45.4 Å². The SMILES string of the molecule is CCCCOCCCNC(=NC)NCCS(=O)(=O)NCC1CCCCO1.I. The lowest BCUT2D eigenvalue weighted by molar-refractivity contribution is 0.0200. The maximum absolute atomic E-state index is 12.0. The first-order valence-corrected chi connectivity index (χ1v) is 11.3. The van der Waals surface area contributed by atoms with Gasteiger partial charge in [-0.2, -0.15) is 0 Å². The Labute approximate surface area is 181 Å². The molecule has 8 nitrogen and oxygen atoms in total. The molecule has 0 aliphatic carbocycles. The van der Waals surface area contributed by atoms with E-state index in [2.05, 4.69) is 27.3 Å². The number of hydrogen-bond acceptors (Lipinski definition) is 5. The molecule has 27 heavy (non-hydrogen) atoms. The standard InChI is InChI=1S/C17H36N4O4S.HI/c1-3-4-11-24-12-7-9-19-17(18-2)20-10-14-26(22,23)21-15-16-8-5-6-13-25-16;/h16,21H,3-15H2,1-2H3,(H2,18,19,20);1H. The van der Waals surface area contributed by atoms with E-state index in [9.17, 15) is 8.42 Å². The lowest BCUT2D eigenvalue weighted by atomic mass is 10.1. The Morgan fingerprint density at radius 2 is 1.93 bits per heavy atom. The molecular formula is C17H37IN4O4S. The summed E-state index contributed by atoms with van der Waals surface area (Å²) >= 11 is 0. The van der Waals surface area contributed by atoms with E-state index < -0.39 is 10.0 Å². The fraction of sp³-hybridized carbons (Fsp3) is 0.941. The lowest BCUT2D eigenvalue weighted by Crippen LogP contribution is -2.42. The normalized spacial score (nSPS) is 18.0. The summed E-state index contributed by atoms with van der Waals surface area (Å²) in [6, 6.07) is 0. The Balaban J connectivity index is 0.00000676. The lowest BCUT2D eigenvalue weighted by Gasteiger charge is -2.22. The van der Waals surface area contributed by atoms with Crippen molar-refractivity contribution in [2.75, 3.05) is 52.3 Å². The number of hydrogen-bond donors (Lipinski definition) is 3. The minimum absolute atomic E-state index is 0. The van der Waals surface area contributed by atoms with Gasteiger partial charge in [0.2, 0.25) is 10.0 Å². The van der Waals surface area contributed by atoms with Crippen LogP contribution in [0.15, 0.2) is 4.99 Å². The summed E-state index contributed by atoms with van der Waals surface area (Å²) < 4.78 is 37.7. The molecule has 10 heteroatoms. The molecule has 1 aliphatic heterocycles. The first-order chi connectivity index (χ1) is 12.6. The molecule has 0 spiro atoms. The number of unbranched alkanes of at least 4 members (excludes halogenated alkanes) is 1. The van der Waals surface area contributed by atoms with E-state index in [4.69, 9.17) is 9.47 Å². The number of nitrogens with one attached hydrogen (secondary N) is 3. The molecule has 0 radical (unpaired) electrons. The molecule has 0 aromatic heterocycles. The van der Waals surface area contributed by atoms with Crippen LogP contribution in [0.25, 0.3) is 0 Å². The average Bonchev–Trinajstić information content (AvgIpc) is 2.65. The Morgan fingerprint density at radius 3 is 2.59 bits per heavy atom. The zero-order valence-electron chi connectivity index (χ0n) is 16.7. The van der Waals surface area contributed by atoms with Gasteiger partial charge in [-0.25, -0.2) is 13.1 Å². The van der Waals surface area contributed by atoms with Crippen LogP contribution in [0.2, 0.25) is 0 Å². The van der Waals surface area contributed by atoms with E-state index in [1.54, 1.807) is 7.05 Å². The van der Waals surface area contributed by atoms with Crippen molar-refractivity contribution in [3.8, 4) is 0 Å². The highest BCUT2D eigenvalue weighted by Crippen LogP contribution is 2.11. The molecule has 0 bridgehead atoms. The van der Waals surface area contributed by atoms with Crippen molar-refractivity contribution < 1.29 is 17.9 Å². The van der Waals surface area contributed by atoms with Gasteiger partial charge in [-0.05, 0) is 32.1 Å². The smallest absolute Gasteiger partial charge is 0.213 e. The number of guanidine groups is 1. The summed E-state index contributed by atoms with van der Waals surface area (Å²) in [6.07, 6.45) is 6.18. The van der Waals surface area contributed by atoms with Crippen molar-refractivity contribution in [1.82, 2.24) is 15.4 Å². The van der Waals surface area contributed by atoms with Gasteiger partial charge in [-0.3, -0.25) is 4.99 Å². The topological polar surface area (TPSA) is 101 Å². The maximum atomic E-state index is 12.0. The number of rotatable bonds is 13. The fourth-order valence-electron chi connectivity index (χ4n) is 2.51. The van der Waals surface area contributed by atoms with Gasteiger partial charge in [0.25, 0.3) is 0 Å². The second-order valence-electron chi connectivity index (χ2n) is 6.40. The second kappa shape index (κ2) is 16.8. The third kappa shape index (κ3) is 14.5. The Bertz CT molecular complexity index is 485. The molecule has 1 rings (SSSR count). The maximum Gasteiger partial charge on any atom is 0.213 e. The third-order valence-electron chi connectivity index (χ3n) is 4.09. The van der Waals surface area contributed by atoms with Crippen LogP contribution < -0.4 is 15.4 Å². The molecule has 1 heterocycles. The van der Waals surface area contributed by atoms with Gasteiger partial charge in [0.1, 0.15) is 0 Å². The molecule has 1 saturated heterocycles. The zero-order chi connectivity index (χ0) is 19.1. The molecule has 1 aliphatic rings. The van der Waals surface area contributed by atoms with Crippen molar-refractivity contribution >= 4 is 40.0 Å². The number of ether oxygens (including phenoxy) is 2. The highest BCUT2D eigenvalue weighted by molar-refractivity contribution is 14.0. The summed E-state index contributed by atoms with van der Waals surface area (Å²) in [7, 11) is -1.65. The van der Waals surface area contributed by atoms with E-state index >= 15 is 0 Å². The minimum Gasteiger partial charge on any atom is -0.381 e. The molecule has 0 aromatic rings. The van der Waals surface area contributed by atoms with Gasteiger partial charge in [-0.1, -0.05) is 13.3 Å². The van der Waals surface area contributed by atoms with Crippen molar-refractivity contribution in [2.24, 2.45) is 4.99 Å². The third-order valence-corrected chi connectivity index (χ3v) is 5.44. The zero-order valence-corrected chi connectivity index (χ0v) is 19.8. The van der Waals surface area contributed by atoms with E-state index in [1.807, 2.05) is 0 Å². The molecule has 1 fully saturated rings. The minimum atomic E-state index is -3.32. The van der Waals surface area contributed by atoms with Crippen LogP contribution >= 0.6 is 24.0 Å². The summed E-state index contributed by atoms with van der Waals surface area (Å²) in [4.78, 5) is 4.09. The monoisotopic (exact) mass is 520 g/mol. The summed E-state index contributed by atoms with van der Waals surface area (Å²) in [5.41, 5.74) is 0. The molecule has 1 atom stereocenters. The summed E-state index contributed by atoms with van der Waals surface area (Å²) in [6.45, 7) is 5.77. The Morgan fingerprint density at radius 1 is 1.19 bits per heavy atom. The van der Waals surface area contributed by atoms with Crippen molar-refractivity contribution in [2.45, 2.75) is 51.6 Å². The van der Waals surface area contributed by atoms with E-state index in [0.717, 1.165) is 58.3 Å². The van der Waals surface area contributed by atoms with Crippen LogP contribution in [0.4, 0.5) is 0 Å². The summed E-state index contributed by atoms with van der Waals surface area (Å²) in [5, 5.41) is 6.18. The van der Waals surface area contributed by atoms with Crippen LogP contribution in [0.3, 0.4) is 0 Å². The molecule has 162 valence electrons. The first kappa shape index (κ1) is 26.8. The van der Waals surface area contributed by atoms with Gasteiger partial charge < -0.3 is 20.1 Å². The molecule has 1 unspecified atom stereocenters. The Kier molecular flexibility index (Phi) is 16.6. The second-order valence-corrected chi connectivity index (χ2v) is 8.33. The van der Waals surface area contributed by atoms with Crippen LogP contribution in [-0.2, 0) is 19.5 Å². The van der Waals surface area contributed by atoms with Gasteiger partial charge in [0.05, 0.1) is 11.9 Å². The van der Waals surface area contributed by atoms with Crippen molar-refractivity contribution in [1.29, 1.82) is 0 Å². The number of aliphatic imine (C=N–C) groups is 1. The van der Waals surface area contributed by atoms with Gasteiger partial charge in [0, 0.05) is 46.5 Å². The van der Waals surface area contributed by atoms with Crippen LogP contribution in [0, 0.1) is 0 Å². The largest absolute Gasteiger partial charge is 0.381 e. The average molecular weight is 520 g/mol. The van der Waals surface area contributed by atoms with E-state index in [1.165, 1.54) is 0 Å². The quantitative estimate of drug-likeness (QED) is 0.147. The first-order valence-electron chi connectivity index (χ1n) is 9.68. The molecule has 3 N–H and O–H groups in total. The Hall–Kier alpha value is -0.170. The van der Waals surface area contributed by atoms with Crippen LogP contribution in [0.5, 0.6) is 0 Å². The predicted molar refractivity (Wildman–Crippen MR) is 121 cm³/mol. The van der Waals surface area contributed by atoms with Crippen molar-refractivity contribution in [3.05, 3.63) is 0 Å². The van der Waals surface area contributed by atoms with Crippen molar-refractivity contribution in [3.63, 3.8) is 0 Å². The number of halogens is 1. The van der Waals surface area contributed by atoms with E-state index in [0.29, 0.717) is 25.7 Å². The molecule has 0 saturated carbocycles. The molecular weight excluding hydrogens is 483 g/mol. The highest BCUT2D eigenvalue weighted by atomic mass is 127. The fourth-order valence-corrected chi connectivity index (χ4v) is 3.47. The highest BCUT2D eigenvalue weighted by Gasteiger charge is 2.17. The van der Waals surface area contributed by atoms with Gasteiger partial charge in [0.15, 0.2) is 5.96 Å². The van der Waals surface area contributed by atoms with E-state index in [-0.39, 0.29) is 35.8 Å². The predicted octanol–water partition coefficient (Wildman–Crippen LogP) is 1.46.